The van der Waals surface area contributed by atoms with Gasteiger partial charge in [-0.25, -0.2) is 9.50 Å². The molecule has 2 aliphatic rings. The molecule has 1 atom stereocenters. The maximum atomic E-state index is 13.2. The van der Waals surface area contributed by atoms with Crippen molar-refractivity contribution < 1.29 is 19.1 Å². The molecular formula is C22H23N5O4. The molecule has 0 spiro atoms. The van der Waals surface area contributed by atoms with Gasteiger partial charge in [0.05, 0.1) is 36.3 Å². The van der Waals surface area contributed by atoms with Gasteiger partial charge < -0.3 is 19.7 Å². The van der Waals surface area contributed by atoms with Crippen molar-refractivity contribution in [2.75, 3.05) is 36.5 Å². The summed E-state index contributed by atoms with van der Waals surface area (Å²) in [6.45, 7) is 6.25. The maximum Gasteiger partial charge on any atom is 0.261 e. The molecule has 0 aliphatic carbocycles. The standard InChI is InChI=1S/C22H23N5O4/c1-13-7-15-8-18(19(9-20(15)31-13)26-3-5-30-6-4-26)25-22(29)17-11-24-27-12-16(14(2)28)10-23-21(17)27/h8-13H,3-7H2,1-2H3,(H,25,29). The zero-order valence-electron chi connectivity index (χ0n) is 17.4. The highest BCUT2D eigenvalue weighted by Gasteiger charge is 2.26. The number of nitrogens with zero attached hydrogens (tertiary/aromatic N) is 4. The molecule has 1 amide bonds. The van der Waals surface area contributed by atoms with Crippen LogP contribution in [0.4, 0.5) is 11.4 Å². The predicted molar refractivity (Wildman–Crippen MR) is 114 cm³/mol. The molecule has 2 aliphatic heterocycles. The Labute approximate surface area is 179 Å². The average Bonchev–Trinajstić information content (AvgIpc) is 3.35. The Morgan fingerprint density at radius 2 is 2.00 bits per heavy atom. The summed E-state index contributed by atoms with van der Waals surface area (Å²) in [5.41, 5.74) is 3.88. The molecule has 0 bridgehead atoms. The Morgan fingerprint density at radius 3 is 2.77 bits per heavy atom. The molecule has 1 aromatic carbocycles. The van der Waals surface area contributed by atoms with E-state index in [9.17, 15) is 9.59 Å². The Balaban J connectivity index is 1.49. The zero-order valence-corrected chi connectivity index (χ0v) is 17.4. The summed E-state index contributed by atoms with van der Waals surface area (Å²) in [4.78, 5) is 31.2. The lowest BCUT2D eigenvalue weighted by Gasteiger charge is -2.31. The Bertz CT molecular complexity index is 1180. The van der Waals surface area contributed by atoms with Crippen LogP contribution in [0.3, 0.4) is 0 Å². The van der Waals surface area contributed by atoms with E-state index >= 15 is 0 Å². The van der Waals surface area contributed by atoms with E-state index in [1.165, 1.54) is 23.8 Å². The van der Waals surface area contributed by atoms with Crippen LogP contribution >= 0.6 is 0 Å². The van der Waals surface area contributed by atoms with Crippen LogP contribution in [0.15, 0.2) is 30.7 Å². The molecule has 3 aromatic rings. The average molecular weight is 421 g/mol. The van der Waals surface area contributed by atoms with Gasteiger partial charge in [-0.3, -0.25) is 9.59 Å². The van der Waals surface area contributed by atoms with Gasteiger partial charge in [-0.1, -0.05) is 0 Å². The van der Waals surface area contributed by atoms with Crippen molar-refractivity contribution >= 4 is 28.7 Å². The lowest BCUT2D eigenvalue weighted by Crippen LogP contribution is -2.36. The fraction of sp³-hybridized carbons (Fsp3) is 0.364. The first-order valence-corrected chi connectivity index (χ1v) is 10.3. The highest BCUT2D eigenvalue weighted by atomic mass is 16.5. The number of ketones is 1. The van der Waals surface area contributed by atoms with Crippen molar-refractivity contribution in [1.29, 1.82) is 0 Å². The molecule has 1 unspecified atom stereocenters. The fourth-order valence-corrected chi connectivity index (χ4v) is 4.02. The van der Waals surface area contributed by atoms with Crippen molar-refractivity contribution in [3.05, 3.63) is 47.4 Å². The number of anilines is 2. The molecule has 4 heterocycles. The van der Waals surface area contributed by atoms with Crippen LogP contribution in [0.1, 0.15) is 40.1 Å². The number of aromatic nitrogens is 3. The van der Waals surface area contributed by atoms with Gasteiger partial charge in [-0.2, -0.15) is 5.10 Å². The van der Waals surface area contributed by atoms with E-state index in [-0.39, 0.29) is 17.8 Å². The molecule has 0 radical (unpaired) electrons. The van der Waals surface area contributed by atoms with E-state index in [1.54, 1.807) is 6.20 Å². The minimum atomic E-state index is -0.306. The third kappa shape index (κ3) is 3.61. The topological polar surface area (TPSA) is 98.1 Å². The second-order valence-corrected chi connectivity index (χ2v) is 7.89. The SMILES string of the molecule is CC(=O)c1cnc2c(C(=O)Nc3cc4c(cc3N3CCOCC3)OC(C)C4)cnn2c1. The lowest BCUT2D eigenvalue weighted by atomic mass is 10.1. The van der Waals surface area contributed by atoms with Gasteiger partial charge in [0.1, 0.15) is 17.4 Å². The predicted octanol–water partition coefficient (Wildman–Crippen LogP) is 2.34. The molecule has 9 heteroatoms. The number of nitrogens with one attached hydrogen (secondary N) is 1. The number of hydrogen-bond acceptors (Lipinski definition) is 7. The van der Waals surface area contributed by atoms with Gasteiger partial charge in [0.25, 0.3) is 5.91 Å². The number of Topliss-reactive ketones (excluding diaryl/α,β-unsaturated/α-hetero) is 1. The Kier molecular flexibility index (Phi) is 4.82. The van der Waals surface area contributed by atoms with E-state index in [0.29, 0.717) is 30.0 Å². The Morgan fingerprint density at radius 1 is 1.19 bits per heavy atom. The minimum absolute atomic E-state index is 0.109. The van der Waals surface area contributed by atoms with E-state index in [2.05, 4.69) is 20.3 Å². The Hall–Kier alpha value is -3.46. The van der Waals surface area contributed by atoms with Crippen LogP contribution in [-0.4, -0.2) is 58.7 Å². The highest BCUT2D eigenvalue weighted by molar-refractivity contribution is 6.09. The number of carbonyl (C=O) groups excluding carboxylic acids is 2. The second-order valence-electron chi connectivity index (χ2n) is 7.89. The molecule has 9 nitrogen and oxygen atoms in total. The van der Waals surface area contributed by atoms with Gasteiger partial charge in [0.15, 0.2) is 11.4 Å². The van der Waals surface area contributed by atoms with Gasteiger partial charge in [0.2, 0.25) is 0 Å². The van der Waals surface area contributed by atoms with E-state index in [1.807, 2.05) is 19.1 Å². The van der Waals surface area contributed by atoms with Crippen LogP contribution in [-0.2, 0) is 11.2 Å². The number of amides is 1. The highest BCUT2D eigenvalue weighted by Crippen LogP contribution is 2.39. The minimum Gasteiger partial charge on any atom is -0.490 e. The monoisotopic (exact) mass is 421 g/mol. The number of carbonyl (C=O) groups is 2. The molecule has 1 N–H and O–H groups in total. The first-order chi connectivity index (χ1) is 15.0. The van der Waals surface area contributed by atoms with Crippen molar-refractivity contribution in [3.63, 3.8) is 0 Å². The molecule has 160 valence electrons. The van der Waals surface area contributed by atoms with E-state index in [0.717, 1.165) is 42.2 Å². The summed E-state index contributed by atoms with van der Waals surface area (Å²) in [7, 11) is 0. The van der Waals surface area contributed by atoms with Gasteiger partial charge in [-0.15, -0.1) is 0 Å². The van der Waals surface area contributed by atoms with Gasteiger partial charge in [-0.05, 0) is 19.9 Å². The number of morpholine rings is 1. The van der Waals surface area contributed by atoms with E-state index in [4.69, 9.17) is 9.47 Å². The van der Waals surface area contributed by atoms with Crippen LogP contribution in [0.25, 0.3) is 5.65 Å². The summed E-state index contributed by atoms with van der Waals surface area (Å²) < 4.78 is 12.9. The summed E-state index contributed by atoms with van der Waals surface area (Å²) >= 11 is 0. The van der Waals surface area contributed by atoms with Crippen molar-refractivity contribution in [1.82, 2.24) is 14.6 Å². The molecule has 1 fully saturated rings. The van der Waals surface area contributed by atoms with E-state index < -0.39 is 0 Å². The lowest BCUT2D eigenvalue weighted by molar-refractivity contribution is 0.101. The number of benzene rings is 1. The number of ether oxygens (including phenoxy) is 2. The number of rotatable bonds is 4. The van der Waals surface area contributed by atoms with Crippen LogP contribution in [0.5, 0.6) is 5.75 Å². The third-order valence-electron chi connectivity index (χ3n) is 5.62. The summed E-state index contributed by atoms with van der Waals surface area (Å²) in [6, 6.07) is 4.00. The molecule has 0 saturated carbocycles. The molecule has 2 aromatic heterocycles. The zero-order chi connectivity index (χ0) is 21.5. The summed E-state index contributed by atoms with van der Waals surface area (Å²) in [5.74, 6) is 0.446. The maximum absolute atomic E-state index is 13.2. The van der Waals surface area contributed by atoms with Crippen LogP contribution < -0.4 is 15.0 Å². The van der Waals surface area contributed by atoms with Gasteiger partial charge >= 0.3 is 0 Å². The molecular weight excluding hydrogens is 398 g/mol. The van der Waals surface area contributed by atoms with Crippen molar-refractivity contribution in [2.24, 2.45) is 0 Å². The smallest absolute Gasteiger partial charge is 0.261 e. The molecule has 31 heavy (non-hydrogen) atoms. The fourth-order valence-electron chi connectivity index (χ4n) is 4.02. The number of hydrogen-bond donors (Lipinski definition) is 1. The first-order valence-electron chi connectivity index (χ1n) is 10.3. The van der Waals surface area contributed by atoms with Crippen LogP contribution in [0, 0.1) is 0 Å². The van der Waals surface area contributed by atoms with Crippen LogP contribution in [0.2, 0.25) is 0 Å². The largest absolute Gasteiger partial charge is 0.490 e. The molecule has 5 rings (SSSR count). The second kappa shape index (κ2) is 7.66. The summed E-state index contributed by atoms with van der Waals surface area (Å²) in [6.07, 6.45) is 5.41. The third-order valence-corrected chi connectivity index (χ3v) is 5.62. The molecule has 1 saturated heterocycles. The van der Waals surface area contributed by atoms with Crippen molar-refractivity contribution in [2.45, 2.75) is 26.4 Å². The normalized spacial score (nSPS) is 18.0. The van der Waals surface area contributed by atoms with Gasteiger partial charge in [0, 0.05) is 43.5 Å². The summed E-state index contributed by atoms with van der Waals surface area (Å²) in [5, 5.41) is 7.25. The van der Waals surface area contributed by atoms with Crippen molar-refractivity contribution in [3.8, 4) is 5.75 Å². The number of fused-ring (bicyclic) bond motifs is 2. The quantitative estimate of drug-likeness (QED) is 0.646. The first kappa shape index (κ1) is 19.5.